The molecule has 3 aliphatic carbocycles. The third-order valence-electron chi connectivity index (χ3n) is 8.74. The van der Waals surface area contributed by atoms with Crippen molar-refractivity contribution in [2.45, 2.75) is 71.1 Å². The van der Waals surface area contributed by atoms with Crippen molar-refractivity contribution in [1.82, 2.24) is 0 Å². The number of aliphatic hydroxyl groups excluding tert-OH is 2. The Hall–Kier alpha value is -1.44. The minimum absolute atomic E-state index is 0.0987. The average molecular weight is 406 g/mol. The van der Waals surface area contributed by atoms with E-state index in [0.29, 0.717) is 24.8 Å². The standard InChI is InChI=1S/C22H30O7/c1-10-12-7-13(24)15-21(8-12,17(10)25)19(26)29-14-5-6-20(3,4)16-18(28-11(2)23)27-9-22(14,15)16/h12-18,24-25H,1,5-9H2,2-4H3/t12-,13+,14-,15-,16-,17-,18+,21+,22+/m1/s1. The van der Waals surface area contributed by atoms with E-state index in [4.69, 9.17) is 14.2 Å². The molecule has 2 heterocycles. The normalized spacial score (nSPS) is 52.2. The zero-order chi connectivity index (χ0) is 20.9. The molecular weight excluding hydrogens is 376 g/mol. The van der Waals surface area contributed by atoms with Gasteiger partial charge in [-0.1, -0.05) is 20.4 Å². The quantitative estimate of drug-likeness (QED) is 0.503. The molecule has 0 amide bonds. The number of fused-ring (bicyclic) bond motifs is 1. The fraction of sp³-hybridized carbons (Fsp3) is 0.818. The van der Waals surface area contributed by atoms with Crippen LogP contribution in [0, 0.1) is 34.0 Å². The van der Waals surface area contributed by atoms with Crippen LogP contribution in [0.1, 0.15) is 46.5 Å². The number of esters is 2. The molecule has 2 aliphatic heterocycles. The van der Waals surface area contributed by atoms with Crippen LogP contribution in [0.25, 0.3) is 0 Å². The van der Waals surface area contributed by atoms with Crippen LogP contribution >= 0.6 is 0 Å². The van der Waals surface area contributed by atoms with E-state index in [1.54, 1.807) is 0 Å². The molecule has 160 valence electrons. The third-order valence-corrected chi connectivity index (χ3v) is 8.74. The molecule has 5 aliphatic rings. The number of ether oxygens (including phenoxy) is 3. The number of aliphatic hydroxyl groups is 2. The maximum atomic E-state index is 13.3. The van der Waals surface area contributed by atoms with Gasteiger partial charge in [-0.15, -0.1) is 0 Å². The van der Waals surface area contributed by atoms with E-state index in [-0.39, 0.29) is 23.9 Å². The van der Waals surface area contributed by atoms with Crippen LogP contribution in [-0.2, 0) is 23.8 Å². The summed E-state index contributed by atoms with van der Waals surface area (Å²) in [4.78, 5) is 25.1. The van der Waals surface area contributed by atoms with E-state index >= 15 is 0 Å². The van der Waals surface area contributed by atoms with Gasteiger partial charge in [0.1, 0.15) is 11.5 Å². The largest absolute Gasteiger partial charge is 0.461 e. The molecule has 5 rings (SSSR count). The van der Waals surface area contributed by atoms with Crippen molar-refractivity contribution in [3.05, 3.63) is 12.2 Å². The van der Waals surface area contributed by atoms with Crippen molar-refractivity contribution in [2.75, 3.05) is 6.61 Å². The Balaban J connectivity index is 1.69. The van der Waals surface area contributed by atoms with Crippen molar-refractivity contribution in [2.24, 2.45) is 34.0 Å². The highest BCUT2D eigenvalue weighted by molar-refractivity contribution is 5.82. The number of carbonyl (C=O) groups excluding carboxylic acids is 2. The number of hydrogen-bond donors (Lipinski definition) is 2. The summed E-state index contributed by atoms with van der Waals surface area (Å²) in [5.41, 5.74) is -1.57. The molecule has 29 heavy (non-hydrogen) atoms. The van der Waals surface area contributed by atoms with E-state index in [1.165, 1.54) is 6.92 Å². The van der Waals surface area contributed by atoms with Crippen molar-refractivity contribution in [3.8, 4) is 0 Å². The van der Waals surface area contributed by atoms with E-state index < -0.39 is 53.3 Å². The molecule has 0 aromatic heterocycles. The van der Waals surface area contributed by atoms with Crippen LogP contribution in [0.15, 0.2) is 12.2 Å². The highest BCUT2D eigenvalue weighted by atomic mass is 16.7. The Morgan fingerprint density at radius 1 is 1.28 bits per heavy atom. The Bertz CT molecular complexity index is 790. The highest BCUT2D eigenvalue weighted by Gasteiger charge is 2.79. The smallest absolute Gasteiger partial charge is 0.315 e. The van der Waals surface area contributed by atoms with Crippen LogP contribution in [0.4, 0.5) is 0 Å². The SMILES string of the molecule is C=C1[C@@H]2C[C@H](O)[C@@H]3[C@](C2)(C(=O)O[C@@H]2CCC(C)(C)[C@H]4[C@H](OC(C)=O)OC[C@@]432)[C@@H]1O. The van der Waals surface area contributed by atoms with E-state index in [1.807, 2.05) is 0 Å². The monoisotopic (exact) mass is 406 g/mol. The van der Waals surface area contributed by atoms with E-state index in [9.17, 15) is 19.8 Å². The predicted molar refractivity (Wildman–Crippen MR) is 100 cm³/mol. The van der Waals surface area contributed by atoms with Gasteiger partial charge < -0.3 is 24.4 Å². The van der Waals surface area contributed by atoms with Crippen LogP contribution in [0.3, 0.4) is 0 Å². The predicted octanol–water partition coefficient (Wildman–Crippen LogP) is 1.56. The molecule has 5 fully saturated rings. The van der Waals surface area contributed by atoms with Gasteiger partial charge in [0.25, 0.3) is 0 Å². The second-order valence-corrected chi connectivity index (χ2v) is 10.5. The molecule has 0 unspecified atom stereocenters. The summed E-state index contributed by atoms with van der Waals surface area (Å²) in [6.07, 6.45) is -0.674. The molecule has 0 aromatic rings. The lowest BCUT2D eigenvalue weighted by molar-refractivity contribution is -0.265. The van der Waals surface area contributed by atoms with Crippen LogP contribution < -0.4 is 0 Å². The second-order valence-electron chi connectivity index (χ2n) is 10.5. The third kappa shape index (κ3) is 2.19. The molecular formula is C22H30O7. The van der Waals surface area contributed by atoms with E-state index in [2.05, 4.69) is 20.4 Å². The summed E-state index contributed by atoms with van der Waals surface area (Å²) in [7, 11) is 0. The zero-order valence-corrected chi connectivity index (χ0v) is 17.2. The molecule has 2 bridgehead atoms. The first kappa shape index (κ1) is 19.5. The topological polar surface area (TPSA) is 102 Å². The molecule has 3 saturated carbocycles. The molecule has 2 saturated heterocycles. The zero-order valence-electron chi connectivity index (χ0n) is 17.2. The van der Waals surface area contributed by atoms with Crippen molar-refractivity contribution in [3.63, 3.8) is 0 Å². The first-order valence-electron chi connectivity index (χ1n) is 10.6. The molecule has 2 spiro atoms. The summed E-state index contributed by atoms with van der Waals surface area (Å²) >= 11 is 0. The van der Waals surface area contributed by atoms with Gasteiger partial charge in [-0.05, 0) is 42.6 Å². The highest BCUT2D eigenvalue weighted by Crippen LogP contribution is 2.72. The average Bonchev–Trinajstić information content (AvgIpc) is 3.09. The summed E-state index contributed by atoms with van der Waals surface area (Å²) in [5, 5.41) is 22.5. The van der Waals surface area contributed by atoms with Gasteiger partial charge in [-0.25, -0.2) is 0 Å². The molecule has 0 aromatic carbocycles. The Kier molecular flexibility index (Phi) is 3.92. The first-order valence-corrected chi connectivity index (χ1v) is 10.6. The molecule has 2 N–H and O–H groups in total. The molecule has 9 atom stereocenters. The number of rotatable bonds is 1. The molecule has 0 radical (unpaired) electrons. The molecule has 7 heteroatoms. The number of hydrogen-bond acceptors (Lipinski definition) is 7. The summed E-state index contributed by atoms with van der Waals surface area (Å²) < 4.78 is 17.6. The number of carbonyl (C=O) groups is 2. The Morgan fingerprint density at radius 2 is 2.00 bits per heavy atom. The first-order chi connectivity index (χ1) is 13.6. The van der Waals surface area contributed by atoms with Gasteiger partial charge >= 0.3 is 11.9 Å². The maximum Gasteiger partial charge on any atom is 0.315 e. The van der Waals surface area contributed by atoms with Crippen molar-refractivity contribution >= 4 is 11.9 Å². The fourth-order valence-electron chi connectivity index (χ4n) is 7.81. The molecule has 7 nitrogen and oxygen atoms in total. The van der Waals surface area contributed by atoms with Gasteiger partial charge in [-0.3, -0.25) is 9.59 Å². The Morgan fingerprint density at radius 3 is 2.69 bits per heavy atom. The fourth-order valence-corrected chi connectivity index (χ4v) is 7.81. The van der Waals surface area contributed by atoms with Gasteiger partial charge in [0.15, 0.2) is 0 Å². The maximum absolute atomic E-state index is 13.3. The summed E-state index contributed by atoms with van der Waals surface area (Å²) in [6, 6.07) is 0. The lowest BCUT2D eigenvalue weighted by atomic mass is 9.43. The van der Waals surface area contributed by atoms with Gasteiger partial charge in [-0.2, -0.15) is 0 Å². The van der Waals surface area contributed by atoms with Crippen LogP contribution in [0.2, 0.25) is 0 Å². The summed E-state index contributed by atoms with van der Waals surface area (Å²) in [6.45, 7) is 9.85. The minimum Gasteiger partial charge on any atom is -0.461 e. The van der Waals surface area contributed by atoms with E-state index in [0.717, 1.165) is 6.42 Å². The van der Waals surface area contributed by atoms with Gasteiger partial charge in [0.2, 0.25) is 6.29 Å². The summed E-state index contributed by atoms with van der Waals surface area (Å²) in [5.74, 6) is -1.73. The van der Waals surface area contributed by atoms with Crippen molar-refractivity contribution in [1.29, 1.82) is 0 Å². The van der Waals surface area contributed by atoms with Crippen LogP contribution in [-0.4, -0.2) is 53.4 Å². The lowest BCUT2D eigenvalue weighted by Crippen LogP contribution is -2.71. The van der Waals surface area contributed by atoms with Gasteiger partial charge in [0.05, 0.1) is 18.8 Å². The van der Waals surface area contributed by atoms with Crippen LogP contribution in [0.5, 0.6) is 0 Å². The Labute approximate surface area is 170 Å². The van der Waals surface area contributed by atoms with Crippen molar-refractivity contribution < 1.29 is 34.0 Å². The second kappa shape index (κ2) is 5.83. The minimum atomic E-state index is -1.21. The lowest BCUT2D eigenvalue weighted by Gasteiger charge is -2.63. The van der Waals surface area contributed by atoms with Gasteiger partial charge in [0, 0.05) is 24.2 Å².